The highest BCUT2D eigenvalue weighted by atomic mass is 16.8. The van der Waals surface area contributed by atoms with E-state index in [-0.39, 0.29) is 16.9 Å². The summed E-state index contributed by atoms with van der Waals surface area (Å²) in [6.07, 6.45) is 3.79. The van der Waals surface area contributed by atoms with Crippen LogP contribution in [0, 0.1) is 22.7 Å². The Balaban J connectivity index is 1.60. The summed E-state index contributed by atoms with van der Waals surface area (Å²) in [7, 11) is 0. The lowest BCUT2D eigenvalue weighted by atomic mass is 9.47. The van der Waals surface area contributed by atoms with Crippen molar-refractivity contribution in [1.82, 2.24) is 0 Å². The summed E-state index contributed by atoms with van der Waals surface area (Å²) in [6.45, 7) is 11.8. The second-order valence-corrected chi connectivity index (χ2v) is 10.5. The fourth-order valence-corrected chi connectivity index (χ4v) is 6.72. The van der Waals surface area contributed by atoms with Crippen molar-refractivity contribution in [2.24, 2.45) is 22.7 Å². The van der Waals surface area contributed by atoms with Crippen LogP contribution in [0.4, 0.5) is 0 Å². The number of epoxide rings is 1. The molecule has 1 N–H and O–H groups in total. The lowest BCUT2D eigenvalue weighted by molar-refractivity contribution is -0.218. The molecule has 4 aliphatic rings. The molecule has 4 rings (SSSR count). The Morgan fingerprint density at radius 1 is 1.19 bits per heavy atom. The Morgan fingerprint density at radius 3 is 2.52 bits per heavy atom. The van der Waals surface area contributed by atoms with E-state index < -0.39 is 36.2 Å². The second-order valence-electron chi connectivity index (χ2n) is 10.5. The number of fused-ring (bicyclic) bond motifs is 1. The van der Waals surface area contributed by atoms with Gasteiger partial charge in [-0.1, -0.05) is 32.4 Å². The van der Waals surface area contributed by atoms with Gasteiger partial charge in [0.15, 0.2) is 11.7 Å². The van der Waals surface area contributed by atoms with Gasteiger partial charge in [0.1, 0.15) is 0 Å². The Bertz CT molecular complexity index is 793. The van der Waals surface area contributed by atoms with E-state index >= 15 is 0 Å². The van der Waals surface area contributed by atoms with E-state index in [0.29, 0.717) is 11.8 Å². The SMILES string of the molecule is CC(=O)OC1OC(OC(C)=O)C2(OC2CC2(C)C(C)CCC3(C)C(C)=CCCC32)C1O. The van der Waals surface area contributed by atoms with Gasteiger partial charge in [0.05, 0.1) is 6.10 Å². The van der Waals surface area contributed by atoms with Gasteiger partial charge in [0.2, 0.25) is 12.6 Å². The van der Waals surface area contributed by atoms with Gasteiger partial charge >= 0.3 is 11.9 Å². The maximum atomic E-state index is 11.7. The molecule has 2 heterocycles. The standard InChI is InChI=1S/C24H36O7/c1-13-8-7-9-17-22(13,5)11-10-14(2)23(17,6)12-18-24(31-18)19(27)20(28-15(3)25)30-21(24)29-16(4)26/h8,14,17-21,27H,7,9-12H2,1-6H3. The van der Waals surface area contributed by atoms with Crippen LogP contribution in [0.2, 0.25) is 0 Å². The zero-order valence-corrected chi connectivity index (χ0v) is 19.5. The summed E-state index contributed by atoms with van der Waals surface area (Å²) in [5.41, 5.74) is 0.450. The molecule has 0 aromatic rings. The Kier molecular flexibility index (Phi) is 5.55. The van der Waals surface area contributed by atoms with Crippen LogP contribution < -0.4 is 0 Å². The molecule has 2 aliphatic carbocycles. The minimum atomic E-state index is -1.22. The smallest absolute Gasteiger partial charge is 0.305 e. The van der Waals surface area contributed by atoms with Gasteiger partial charge in [-0.3, -0.25) is 14.3 Å². The molecule has 9 atom stereocenters. The van der Waals surface area contributed by atoms with Crippen LogP contribution in [-0.4, -0.2) is 47.4 Å². The number of carbonyl (C=O) groups is 2. The molecule has 1 spiro atoms. The van der Waals surface area contributed by atoms with Crippen LogP contribution in [0.25, 0.3) is 0 Å². The van der Waals surface area contributed by atoms with Crippen molar-refractivity contribution in [3.8, 4) is 0 Å². The van der Waals surface area contributed by atoms with Crippen LogP contribution in [0.15, 0.2) is 11.6 Å². The number of ether oxygens (including phenoxy) is 4. The Labute approximate surface area is 184 Å². The van der Waals surface area contributed by atoms with E-state index in [1.807, 2.05) is 0 Å². The molecular formula is C24H36O7. The molecule has 2 aliphatic heterocycles. The summed E-state index contributed by atoms with van der Waals surface area (Å²) in [5.74, 6) is -0.111. The van der Waals surface area contributed by atoms with E-state index in [0.717, 1.165) is 25.7 Å². The van der Waals surface area contributed by atoms with Crippen molar-refractivity contribution in [3.05, 3.63) is 11.6 Å². The van der Waals surface area contributed by atoms with Crippen molar-refractivity contribution in [2.75, 3.05) is 0 Å². The molecule has 0 aromatic carbocycles. The van der Waals surface area contributed by atoms with Gasteiger partial charge < -0.3 is 19.3 Å². The highest BCUT2D eigenvalue weighted by molar-refractivity contribution is 5.67. The molecule has 9 unspecified atom stereocenters. The fraction of sp³-hybridized carbons (Fsp3) is 0.833. The summed E-state index contributed by atoms with van der Waals surface area (Å²) >= 11 is 0. The van der Waals surface area contributed by atoms with E-state index in [1.165, 1.54) is 25.8 Å². The molecular weight excluding hydrogens is 400 g/mol. The predicted molar refractivity (Wildman–Crippen MR) is 112 cm³/mol. The number of rotatable bonds is 4. The molecule has 0 bridgehead atoms. The van der Waals surface area contributed by atoms with Gasteiger partial charge in [-0.15, -0.1) is 0 Å². The zero-order chi connectivity index (χ0) is 22.8. The van der Waals surface area contributed by atoms with E-state index in [9.17, 15) is 14.7 Å². The average molecular weight is 437 g/mol. The van der Waals surface area contributed by atoms with E-state index in [2.05, 4.69) is 33.8 Å². The van der Waals surface area contributed by atoms with Gasteiger partial charge in [-0.2, -0.15) is 0 Å². The first kappa shape index (κ1) is 22.7. The molecule has 31 heavy (non-hydrogen) atoms. The van der Waals surface area contributed by atoms with Crippen molar-refractivity contribution >= 4 is 11.9 Å². The largest absolute Gasteiger partial charge is 0.433 e. The highest BCUT2D eigenvalue weighted by Gasteiger charge is 2.76. The quantitative estimate of drug-likeness (QED) is 0.409. The van der Waals surface area contributed by atoms with Crippen molar-refractivity contribution in [3.63, 3.8) is 0 Å². The van der Waals surface area contributed by atoms with Crippen molar-refractivity contribution in [1.29, 1.82) is 0 Å². The topological polar surface area (TPSA) is 94.6 Å². The maximum Gasteiger partial charge on any atom is 0.305 e. The molecule has 2 saturated heterocycles. The van der Waals surface area contributed by atoms with Crippen LogP contribution in [0.5, 0.6) is 0 Å². The Hall–Kier alpha value is -1.44. The molecule has 7 heteroatoms. The molecule has 1 saturated carbocycles. The first-order chi connectivity index (χ1) is 14.4. The maximum absolute atomic E-state index is 11.7. The van der Waals surface area contributed by atoms with E-state index in [4.69, 9.17) is 18.9 Å². The number of allylic oxidation sites excluding steroid dienone is 2. The third-order valence-electron chi connectivity index (χ3n) is 8.91. The summed E-state index contributed by atoms with van der Waals surface area (Å²) in [6, 6.07) is 0. The third-order valence-corrected chi connectivity index (χ3v) is 8.91. The van der Waals surface area contributed by atoms with Gasteiger partial charge in [-0.05, 0) is 61.7 Å². The van der Waals surface area contributed by atoms with Gasteiger partial charge in [0, 0.05) is 13.8 Å². The van der Waals surface area contributed by atoms with Crippen LogP contribution >= 0.6 is 0 Å². The van der Waals surface area contributed by atoms with E-state index in [1.54, 1.807) is 0 Å². The molecule has 174 valence electrons. The van der Waals surface area contributed by atoms with Crippen LogP contribution in [-0.2, 0) is 28.5 Å². The predicted octanol–water partition coefficient (Wildman–Crippen LogP) is 3.48. The summed E-state index contributed by atoms with van der Waals surface area (Å²) in [5, 5.41) is 11.0. The number of hydrogen-bond acceptors (Lipinski definition) is 7. The zero-order valence-electron chi connectivity index (χ0n) is 19.5. The highest BCUT2D eigenvalue weighted by Crippen LogP contribution is 2.65. The molecule has 0 amide bonds. The summed E-state index contributed by atoms with van der Waals surface area (Å²) in [4.78, 5) is 23.1. The fourth-order valence-electron chi connectivity index (χ4n) is 6.72. The Morgan fingerprint density at radius 2 is 1.87 bits per heavy atom. The summed E-state index contributed by atoms with van der Waals surface area (Å²) < 4.78 is 22.2. The van der Waals surface area contributed by atoms with Crippen LogP contribution in [0.1, 0.15) is 73.6 Å². The molecule has 0 aromatic heterocycles. The molecule has 3 fully saturated rings. The second kappa shape index (κ2) is 7.56. The number of esters is 2. The molecule has 7 nitrogen and oxygen atoms in total. The number of aliphatic hydroxyl groups is 1. The first-order valence-electron chi connectivity index (χ1n) is 11.5. The molecule has 0 radical (unpaired) electrons. The van der Waals surface area contributed by atoms with Crippen LogP contribution in [0.3, 0.4) is 0 Å². The minimum absolute atomic E-state index is 0.00327. The third kappa shape index (κ3) is 3.44. The van der Waals surface area contributed by atoms with Gasteiger partial charge in [-0.25, -0.2) is 0 Å². The number of carbonyl (C=O) groups excluding carboxylic acids is 2. The monoisotopic (exact) mass is 436 g/mol. The average Bonchev–Trinajstić information content (AvgIpc) is 3.33. The van der Waals surface area contributed by atoms with Crippen molar-refractivity contribution in [2.45, 2.75) is 104 Å². The normalized spacial score (nSPS) is 48.7. The van der Waals surface area contributed by atoms with Crippen molar-refractivity contribution < 1.29 is 33.6 Å². The lowest BCUT2D eigenvalue weighted by Crippen LogP contribution is -2.51. The number of aliphatic hydroxyl groups excluding tert-OH is 1. The number of hydrogen-bond donors (Lipinski definition) is 1. The first-order valence-corrected chi connectivity index (χ1v) is 11.5. The van der Waals surface area contributed by atoms with Gasteiger partial charge in [0.25, 0.3) is 0 Å². The minimum Gasteiger partial charge on any atom is -0.433 e. The lowest BCUT2D eigenvalue weighted by Gasteiger charge is -2.58.